The van der Waals surface area contributed by atoms with E-state index in [1.54, 1.807) is 0 Å². The van der Waals surface area contributed by atoms with Gasteiger partial charge < -0.3 is 5.32 Å². The van der Waals surface area contributed by atoms with Crippen molar-refractivity contribution in [1.82, 2.24) is 5.32 Å². The van der Waals surface area contributed by atoms with Gasteiger partial charge in [0.2, 0.25) is 0 Å². The third-order valence-electron chi connectivity index (χ3n) is 4.89. The molecule has 0 saturated heterocycles. The minimum Gasteiger partial charge on any atom is -0.314 e. The predicted octanol–water partition coefficient (Wildman–Crippen LogP) is 7.25. The Balaban J connectivity index is 3.08. The van der Waals surface area contributed by atoms with Crippen molar-refractivity contribution in [3.8, 4) is 0 Å². The molecule has 22 heavy (non-hydrogen) atoms. The molecule has 0 fully saturated rings. The fourth-order valence-electron chi connectivity index (χ4n) is 3.32. The molecule has 1 heteroatoms. The van der Waals surface area contributed by atoms with Crippen LogP contribution in [0.15, 0.2) is 0 Å². The van der Waals surface area contributed by atoms with Crippen LogP contribution in [0.2, 0.25) is 0 Å². The molecule has 0 rings (SSSR count). The Labute approximate surface area is 142 Å². The quantitative estimate of drug-likeness (QED) is 0.263. The summed E-state index contributed by atoms with van der Waals surface area (Å²) >= 11 is 0. The first-order valence-corrected chi connectivity index (χ1v) is 10.6. The van der Waals surface area contributed by atoms with Crippen LogP contribution in [0.4, 0.5) is 0 Å². The van der Waals surface area contributed by atoms with Crippen molar-refractivity contribution in [3.05, 3.63) is 0 Å². The Kier molecular flexibility index (Phi) is 19.0. The van der Waals surface area contributed by atoms with Gasteiger partial charge in [-0.3, -0.25) is 0 Å². The van der Waals surface area contributed by atoms with Crippen LogP contribution in [0.25, 0.3) is 0 Å². The molecular formula is C21H45N. The molecule has 0 heterocycles. The first-order valence-electron chi connectivity index (χ1n) is 10.6. The summed E-state index contributed by atoms with van der Waals surface area (Å²) in [5, 5.41) is 3.58. The molecule has 1 unspecified atom stereocenters. The summed E-state index contributed by atoms with van der Waals surface area (Å²) in [5.41, 5.74) is 0. The second kappa shape index (κ2) is 19.0. The number of rotatable bonds is 18. The highest BCUT2D eigenvalue weighted by molar-refractivity contribution is 4.63. The number of hydrogen-bond acceptors (Lipinski definition) is 1. The average molecular weight is 312 g/mol. The monoisotopic (exact) mass is 311 g/mol. The van der Waals surface area contributed by atoms with Gasteiger partial charge in [0.05, 0.1) is 0 Å². The van der Waals surface area contributed by atoms with E-state index < -0.39 is 0 Å². The van der Waals surface area contributed by atoms with Crippen molar-refractivity contribution in [3.63, 3.8) is 0 Å². The zero-order valence-corrected chi connectivity index (χ0v) is 16.1. The Morgan fingerprint density at radius 3 is 1.32 bits per heavy atom. The first kappa shape index (κ1) is 22.0. The van der Waals surface area contributed by atoms with Crippen LogP contribution in [0.5, 0.6) is 0 Å². The minimum atomic E-state index is 0.766. The highest BCUT2D eigenvalue weighted by Crippen LogP contribution is 2.14. The molecule has 0 aromatic carbocycles. The van der Waals surface area contributed by atoms with E-state index in [0.717, 1.165) is 12.6 Å². The van der Waals surface area contributed by atoms with Crippen molar-refractivity contribution in [1.29, 1.82) is 0 Å². The maximum Gasteiger partial charge on any atom is 0.00643 e. The molecule has 1 atom stereocenters. The highest BCUT2D eigenvalue weighted by atomic mass is 14.9. The molecule has 0 aliphatic rings. The van der Waals surface area contributed by atoms with Crippen molar-refractivity contribution in [2.75, 3.05) is 6.54 Å². The summed E-state index contributed by atoms with van der Waals surface area (Å²) in [6, 6.07) is 0.766. The van der Waals surface area contributed by atoms with Crippen molar-refractivity contribution < 1.29 is 0 Å². The third-order valence-corrected chi connectivity index (χ3v) is 4.89. The molecule has 0 aromatic rings. The van der Waals surface area contributed by atoms with Gasteiger partial charge in [-0.2, -0.15) is 0 Å². The van der Waals surface area contributed by atoms with Gasteiger partial charge in [0.15, 0.2) is 0 Å². The molecule has 1 nitrogen and oxygen atoms in total. The van der Waals surface area contributed by atoms with E-state index in [0.29, 0.717) is 0 Å². The van der Waals surface area contributed by atoms with Gasteiger partial charge in [0, 0.05) is 6.04 Å². The maximum absolute atomic E-state index is 3.58. The van der Waals surface area contributed by atoms with Gasteiger partial charge in [0.1, 0.15) is 0 Å². The van der Waals surface area contributed by atoms with E-state index in [1.165, 1.54) is 103 Å². The molecule has 134 valence electrons. The maximum atomic E-state index is 3.58. The van der Waals surface area contributed by atoms with E-state index in [9.17, 15) is 0 Å². The summed E-state index contributed by atoms with van der Waals surface area (Å²) in [6.07, 6.45) is 23.1. The van der Waals surface area contributed by atoms with Gasteiger partial charge in [-0.25, -0.2) is 0 Å². The van der Waals surface area contributed by atoms with Crippen LogP contribution < -0.4 is 5.32 Å². The lowest BCUT2D eigenvalue weighted by atomic mass is 10.0. The SMILES string of the molecule is CCCCCCCCCCCCCCCCC(CC)NCC. The fraction of sp³-hybridized carbons (Fsp3) is 1.00. The van der Waals surface area contributed by atoms with E-state index in [2.05, 4.69) is 26.1 Å². The van der Waals surface area contributed by atoms with Gasteiger partial charge in [-0.15, -0.1) is 0 Å². The Morgan fingerprint density at radius 1 is 0.545 bits per heavy atom. The largest absolute Gasteiger partial charge is 0.314 e. The molecule has 0 bridgehead atoms. The van der Waals surface area contributed by atoms with Crippen LogP contribution in [0.1, 0.15) is 124 Å². The van der Waals surface area contributed by atoms with Gasteiger partial charge in [0.25, 0.3) is 0 Å². The third kappa shape index (κ3) is 16.3. The van der Waals surface area contributed by atoms with Crippen molar-refractivity contribution in [2.24, 2.45) is 0 Å². The van der Waals surface area contributed by atoms with Gasteiger partial charge in [-0.1, -0.05) is 111 Å². The van der Waals surface area contributed by atoms with E-state index >= 15 is 0 Å². The van der Waals surface area contributed by atoms with E-state index in [1.807, 2.05) is 0 Å². The molecule has 0 saturated carbocycles. The minimum absolute atomic E-state index is 0.766. The molecule has 0 radical (unpaired) electrons. The second-order valence-corrected chi connectivity index (χ2v) is 7.05. The van der Waals surface area contributed by atoms with Crippen molar-refractivity contribution in [2.45, 2.75) is 130 Å². The van der Waals surface area contributed by atoms with Gasteiger partial charge in [-0.05, 0) is 19.4 Å². The topological polar surface area (TPSA) is 12.0 Å². The van der Waals surface area contributed by atoms with E-state index in [4.69, 9.17) is 0 Å². The summed E-state index contributed by atoms with van der Waals surface area (Å²) in [4.78, 5) is 0. The Hall–Kier alpha value is -0.0400. The fourth-order valence-corrected chi connectivity index (χ4v) is 3.32. The lowest BCUT2D eigenvalue weighted by Gasteiger charge is -2.15. The summed E-state index contributed by atoms with van der Waals surface area (Å²) in [5.74, 6) is 0. The smallest absolute Gasteiger partial charge is 0.00643 e. The standard InChI is InChI=1S/C21H45N/c1-4-7-8-9-10-11-12-13-14-15-16-17-18-19-20-21(5-2)22-6-3/h21-22H,4-20H2,1-3H3. The molecule has 1 N–H and O–H groups in total. The molecular weight excluding hydrogens is 266 g/mol. The zero-order chi connectivity index (χ0) is 16.3. The Morgan fingerprint density at radius 2 is 0.955 bits per heavy atom. The molecule has 0 aromatic heterocycles. The van der Waals surface area contributed by atoms with Gasteiger partial charge >= 0.3 is 0 Å². The summed E-state index contributed by atoms with van der Waals surface area (Å²) < 4.78 is 0. The zero-order valence-electron chi connectivity index (χ0n) is 16.1. The predicted molar refractivity (Wildman–Crippen MR) is 103 cm³/mol. The van der Waals surface area contributed by atoms with Crippen LogP contribution in [0.3, 0.4) is 0 Å². The van der Waals surface area contributed by atoms with Crippen LogP contribution in [-0.4, -0.2) is 12.6 Å². The summed E-state index contributed by atoms with van der Waals surface area (Å²) in [6.45, 7) is 7.94. The van der Waals surface area contributed by atoms with Crippen LogP contribution >= 0.6 is 0 Å². The number of hydrogen-bond donors (Lipinski definition) is 1. The first-order chi connectivity index (χ1) is 10.8. The van der Waals surface area contributed by atoms with Crippen LogP contribution in [-0.2, 0) is 0 Å². The lowest BCUT2D eigenvalue weighted by molar-refractivity contribution is 0.450. The number of unbranched alkanes of at least 4 members (excludes halogenated alkanes) is 13. The normalized spacial score (nSPS) is 12.7. The highest BCUT2D eigenvalue weighted by Gasteiger charge is 2.03. The lowest BCUT2D eigenvalue weighted by Crippen LogP contribution is -2.27. The average Bonchev–Trinajstić information content (AvgIpc) is 2.54. The van der Waals surface area contributed by atoms with Crippen LogP contribution in [0, 0.1) is 0 Å². The number of nitrogens with one attached hydrogen (secondary N) is 1. The molecule has 0 amide bonds. The molecule has 0 spiro atoms. The Bertz CT molecular complexity index is 190. The molecule has 0 aliphatic carbocycles. The summed E-state index contributed by atoms with van der Waals surface area (Å²) in [7, 11) is 0. The molecule has 0 aliphatic heterocycles. The van der Waals surface area contributed by atoms with Crippen molar-refractivity contribution >= 4 is 0 Å². The van der Waals surface area contributed by atoms with E-state index in [-0.39, 0.29) is 0 Å². The second-order valence-electron chi connectivity index (χ2n) is 7.05.